The topological polar surface area (TPSA) is 57.0 Å². The van der Waals surface area contributed by atoms with E-state index in [9.17, 15) is 4.79 Å². The summed E-state index contributed by atoms with van der Waals surface area (Å²) >= 11 is 3.31. The summed E-state index contributed by atoms with van der Waals surface area (Å²) in [6.45, 7) is 2.49. The average molecular weight is 330 g/mol. The fraction of sp³-hybridized carbons (Fsp3) is 0.769. The monoisotopic (exact) mass is 329 g/mol. The number of halogens is 1. The van der Waals surface area contributed by atoms with E-state index >= 15 is 0 Å². The molecule has 0 radical (unpaired) electrons. The van der Waals surface area contributed by atoms with Gasteiger partial charge in [-0.1, -0.05) is 30.9 Å². The van der Waals surface area contributed by atoms with Gasteiger partial charge < -0.3 is 4.74 Å². The third kappa shape index (κ3) is 2.89. The smallest absolute Gasteiger partial charge is 0.215 e. The third-order valence-corrected chi connectivity index (χ3v) is 4.28. The van der Waals surface area contributed by atoms with Crippen LogP contribution in [-0.2, 0) is 11.8 Å². The van der Waals surface area contributed by atoms with Gasteiger partial charge in [-0.15, -0.1) is 5.10 Å². The lowest BCUT2D eigenvalue weighted by molar-refractivity contribution is -0.0299. The predicted octanol–water partition coefficient (Wildman–Crippen LogP) is 2.89. The molecule has 2 rings (SSSR count). The van der Waals surface area contributed by atoms with Crippen molar-refractivity contribution in [3.05, 3.63) is 10.3 Å². The van der Waals surface area contributed by atoms with Crippen LogP contribution in [0.4, 0.5) is 0 Å². The molecule has 1 fully saturated rings. The van der Waals surface area contributed by atoms with Gasteiger partial charge in [0.15, 0.2) is 4.60 Å². The molecule has 1 aliphatic rings. The molecule has 1 aliphatic carbocycles. The first kappa shape index (κ1) is 14.7. The Bertz CT molecular complexity index is 431. The first-order valence-electron chi connectivity index (χ1n) is 6.84. The standard InChI is InChI=1S/C13H20BrN3O2/c1-3-19-13(8-6-4-5-7-9-13)11(18)10-12(14)15-16-17(10)2/h3-9H2,1-2H3. The Morgan fingerprint density at radius 1 is 1.37 bits per heavy atom. The third-order valence-electron chi connectivity index (χ3n) is 3.75. The van der Waals surface area contributed by atoms with E-state index in [0.29, 0.717) is 16.9 Å². The summed E-state index contributed by atoms with van der Waals surface area (Å²) < 4.78 is 7.94. The van der Waals surface area contributed by atoms with Gasteiger partial charge in [0.2, 0.25) is 5.78 Å². The Morgan fingerprint density at radius 3 is 2.47 bits per heavy atom. The molecule has 1 saturated carbocycles. The van der Waals surface area contributed by atoms with Crippen LogP contribution < -0.4 is 0 Å². The van der Waals surface area contributed by atoms with Gasteiger partial charge in [0.05, 0.1) is 0 Å². The van der Waals surface area contributed by atoms with Crippen LogP contribution >= 0.6 is 15.9 Å². The normalized spacial score (nSPS) is 19.1. The van der Waals surface area contributed by atoms with Crippen molar-refractivity contribution in [1.29, 1.82) is 0 Å². The van der Waals surface area contributed by atoms with E-state index in [-0.39, 0.29) is 5.78 Å². The summed E-state index contributed by atoms with van der Waals surface area (Å²) in [5.41, 5.74) is -0.182. The van der Waals surface area contributed by atoms with Crippen LogP contribution in [0.25, 0.3) is 0 Å². The number of hydrogen-bond donors (Lipinski definition) is 0. The number of carbonyl (C=O) groups excluding carboxylic acids is 1. The van der Waals surface area contributed by atoms with E-state index in [4.69, 9.17) is 4.74 Å². The zero-order chi connectivity index (χ0) is 13.9. The molecule has 5 nitrogen and oxygen atoms in total. The second-order valence-electron chi connectivity index (χ2n) is 5.02. The Balaban J connectivity index is 2.35. The van der Waals surface area contributed by atoms with Crippen molar-refractivity contribution in [3.8, 4) is 0 Å². The molecule has 0 unspecified atom stereocenters. The maximum atomic E-state index is 12.9. The summed E-state index contributed by atoms with van der Waals surface area (Å²) in [6.07, 6.45) is 6.00. The molecule has 0 aromatic carbocycles. The van der Waals surface area contributed by atoms with Gasteiger partial charge in [-0.2, -0.15) is 0 Å². The van der Waals surface area contributed by atoms with Gasteiger partial charge in [-0.05, 0) is 35.7 Å². The summed E-state index contributed by atoms with van der Waals surface area (Å²) in [7, 11) is 1.74. The van der Waals surface area contributed by atoms with Gasteiger partial charge in [0.25, 0.3) is 0 Å². The minimum absolute atomic E-state index is 0.00984. The van der Waals surface area contributed by atoms with E-state index in [0.717, 1.165) is 25.7 Å². The summed E-state index contributed by atoms with van der Waals surface area (Å²) in [5, 5.41) is 7.79. The van der Waals surface area contributed by atoms with E-state index in [2.05, 4.69) is 26.2 Å². The molecule has 0 spiro atoms. The zero-order valence-corrected chi connectivity index (χ0v) is 13.1. The quantitative estimate of drug-likeness (QED) is 0.629. The lowest BCUT2D eigenvalue weighted by Crippen LogP contribution is -2.42. The second kappa shape index (κ2) is 6.13. The molecule has 0 bridgehead atoms. The molecule has 19 heavy (non-hydrogen) atoms. The number of Topliss-reactive ketones (excluding diaryl/α,β-unsaturated/α-hetero) is 1. The molecule has 0 aliphatic heterocycles. The lowest BCUT2D eigenvalue weighted by atomic mass is 9.87. The van der Waals surface area contributed by atoms with E-state index in [1.165, 1.54) is 17.5 Å². The number of rotatable bonds is 4. The molecule has 1 aromatic rings. The highest BCUT2D eigenvalue weighted by atomic mass is 79.9. The van der Waals surface area contributed by atoms with Crippen molar-refractivity contribution in [2.24, 2.45) is 7.05 Å². The van der Waals surface area contributed by atoms with Crippen LogP contribution in [0.3, 0.4) is 0 Å². The molecule has 6 heteroatoms. The number of carbonyl (C=O) groups is 1. The Hall–Kier alpha value is -0.750. The molecule has 0 N–H and O–H groups in total. The van der Waals surface area contributed by atoms with Gasteiger partial charge >= 0.3 is 0 Å². The summed E-state index contributed by atoms with van der Waals surface area (Å²) in [6, 6.07) is 0. The van der Waals surface area contributed by atoms with E-state index in [1.807, 2.05) is 6.92 Å². The number of aryl methyl sites for hydroxylation is 1. The van der Waals surface area contributed by atoms with Gasteiger partial charge in [0.1, 0.15) is 11.3 Å². The van der Waals surface area contributed by atoms with Crippen LogP contribution in [0.5, 0.6) is 0 Å². The number of ketones is 1. The minimum atomic E-state index is -0.691. The molecule has 0 atom stereocenters. The number of aromatic nitrogens is 3. The minimum Gasteiger partial charge on any atom is -0.367 e. The molecular weight excluding hydrogens is 310 g/mol. The van der Waals surface area contributed by atoms with Gasteiger partial charge in [-0.3, -0.25) is 4.79 Å². The van der Waals surface area contributed by atoms with Crippen molar-refractivity contribution in [1.82, 2.24) is 15.0 Å². The largest absolute Gasteiger partial charge is 0.367 e. The van der Waals surface area contributed by atoms with Crippen molar-refractivity contribution in [2.75, 3.05) is 6.61 Å². The van der Waals surface area contributed by atoms with Crippen molar-refractivity contribution < 1.29 is 9.53 Å². The van der Waals surface area contributed by atoms with Crippen LogP contribution in [-0.4, -0.2) is 33.0 Å². The van der Waals surface area contributed by atoms with Gasteiger partial charge in [-0.25, -0.2) is 4.68 Å². The first-order valence-corrected chi connectivity index (χ1v) is 7.64. The molecule has 106 valence electrons. The Kier molecular flexibility index (Phi) is 4.73. The predicted molar refractivity (Wildman–Crippen MR) is 75.1 cm³/mol. The van der Waals surface area contributed by atoms with Crippen LogP contribution in [0.1, 0.15) is 55.9 Å². The highest BCUT2D eigenvalue weighted by Crippen LogP contribution is 2.34. The van der Waals surface area contributed by atoms with Crippen LogP contribution in [0, 0.1) is 0 Å². The van der Waals surface area contributed by atoms with E-state index in [1.54, 1.807) is 7.05 Å². The maximum absolute atomic E-state index is 12.9. The Morgan fingerprint density at radius 2 is 2.00 bits per heavy atom. The highest BCUT2D eigenvalue weighted by molar-refractivity contribution is 9.10. The SMILES string of the molecule is CCOC1(C(=O)c2c(Br)nnn2C)CCCCCC1. The van der Waals surface area contributed by atoms with Crippen LogP contribution in [0.15, 0.2) is 4.60 Å². The molecule has 0 amide bonds. The fourth-order valence-electron chi connectivity index (χ4n) is 2.80. The number of ether oxygens (including phenoxy) is 1. The van der Waals surface area contributed by atoms with Crippen LogP contribution in [0.2, 0.25) is 0 Å². The maximum Gasteiger partial charge on any atom is 0.215 e. The van der Waals surface area contributed by atoms with Crippen molar-refractivity contribution in [2.45, 2.75) is 51.0 Å². The zero-order valence-electron chi connectivity index (χ0n) is 11.5. The highest BCUT2D eigenvalue weighted by Gasteiger charge is 2.42. The van der Waals surface area contributed by atoms with Crippen molar-refractivity contribution >= 4 is 21.7 Å². The lowest BCUT2D eigenvalue weighted by Gasteiger charge is -2.30. The molecule has 0 saturated heterocycles. The second-order valence-corrected chi connectivity index (χ2v) is 5.77. The number of nitrogens with zero attached hydrogens (tertiary/aromatic N) is 3. The summed E-state index contributed by atoms with van der Waals surface area (Å²) in [4.78, 5) is 12.9. The summed E-state index contributed by atoms with van der Waals surface area (Å²) in [5.74, 6) is 0.00984. The molecular formula is C13H20BrN3O2. The number of hydrogen-bond acceptors (Lipinski definition) is 4. The first-order chi connectivity index (χ1) is 9.10. The molecule has 1 heterocycles. The average Bonchev–Trinajstić information content (AvgIpc) is 2.61. The molecule has 1 aromatic heterocycles. The van der Waals surface area contributed by atoms with Crippen molar-refractivity contribution in [3.63, 3.8) is 0 Å². The fourth-order valence-corrected chi connectivity index (χ4v) is 3.31. The Labute approximate surface area is 121 Å². The van der Waals surface area contributed by atoms with E-state index < -0.39 is 5.60 Å². The van der Waals surface area contributed by atoms with Gasteiger partial charge in [0, 0.05) is 13.7 Å².